The van der Waals surface area contributed by atoms with Crippen molar-refractivity contribution in [2.45, 2.75) is 0 Å². The smallest absolute Gasteiger partial charge is 0.0544 e. The molecule has 9 aromatic rings. The van der Waals surface area contributed by atoms with Crippen molar-refractivity contribution in [1.82, 2.24) is 0 Å². The molecule has 0 aliphatic rings. The average Bonchev–Trinajstić information content (AvgIpc) is 3.55. The van der Waals surface area contributed by atoms with Gasteiger partial charge in [-0.2, -0.15) is 0 Å². The minimum atomic E-state index is 0.267. The summed E-state index contributed by atoms with van der Waals surface area (Å²) >= 11 is 0.267. The van der Waals surface area contributed by atoms with Crippen molar-refractivity contribution in [3.05, 3.63) is 188 Å². The second kappa shape index (κ2) is 12.2. The third kappa shape index (κ3) is 5.22. The number of fused-ring (bicyclic) bond motifs is 5. The predicted molar refractivity (Wildman–Crippen MR) is 207 cm³/mol. The molecule has 1 nitrogen and oxygen atoms in total. The molecule has 0 saturated heterocycles. The van der Waals surface area contributed by atoms with Crippen LogP contribution in [-0.4, -0.2) is 14.5 Å². The van der Waals surface area contributed by atoms with Crippen molar-refractivity contribution in [2.24, 2.45) is 0 Å². The van der Waals surface area contributed by atoms with Gasteiger partial charge in [0.05, 0.1) is 0 Å². The zero-order valence-corrected chi connectivity index (χ0v) is 28.0. The summed E-state index contributed by atoms with van der Waals surface area (Å²) < 4.78 is 2.96. The quantitative estimate of drug-likeness (QED) is 0.159. The Hall–Kier alpha value is -5.66. The second-order valence-corrected chi connectivity index (χ2v) is 14.4. The average molecular weight is 677 g/mol. The molecule has 0 saturated carbocycles. The van der Waals surface area contributed by atoms with Crippen LogP contribution < -0.4 is 4.90 Å². The Balaban J connectivity index is 1.16. The number of benzene rings is 8. The SMILES string of the molecule is c1ccc(-c2ccc(N(c3cccc(-c4ccccc4)c3)c3cccc(-c4ccc5c(c4)[se]c4c6ccccc6ccc54)c3)cc2)cc1. The first-order chi connectivity index (χ1) is 23.8. The van der Waals surface area contributed by atoms with E-state index in [1.807, 2.05) is 0 Å². The van der Waals surface area contributed by atoms with Crippen LogP contribution in [-0.2, 0) is 0 Å². The summed E-state index contributed by atoms with van der Waals surface area (Å²) in [5.74, 6) is 0. The zero-order chi connectivity index (χ0) is 31.9. The van der Waals surface area contributed by atoms with Crippen molar-refractivity contribution < 1.29 is 0 Å². The van der Waals surface area contributed by atoms with Crippen LogP contribution in [0.1, 0.15) is 0 Å². The van der Waals surface area contributed by atoms with E-state index < -0.39 is 0 Å². The monoisotopic (exact) mass is 677 g/mol. The molecule has 1 heterocycles. The second-order valence-electron chi connectivity index (χ2n) is 12.2. The normalized spacial score (nSPS) is 11.3. The van der Waals surface area contributed by atoms with Crippen LogP contribution in [0.25, 0.3) is 63.4 Å². The minimum absolute atomic E-state index is 0.267. The Labute approximate surface area is 286 Å². The van der Waals surface area contributed by atoms with Crippen LogP contribution >= 0.6 is 0 Å². The first kappa shape index (κ1) is 28.6. The number of anilines is 3. The van der Waals surface area contributed by atoms with Crippen LogP contribution in [0.15, 0.2) is 188 Å². The molecule has 0 radical (unpaired) electrons. The van der Waals surface area contributed by atoms with Gasteiger partial charge in [0.15, 0.2) is 0 Å². The predicted octanol–water partition coefficient (Wildman–Crippen LogP) is 12.7. The van der Waals surface area contributed by atoms with E-state index in [0.717, 1.165) is 17.1 Å². The Kier molecular flexibility index (Phi) is 7.24. The van der Waals surface area contributed by atoms with Gasteiger partial charge in [0.25, 0.3) is 0 Å². The summed E-state index contributed by atoms with van der Waals surface area (Å²) in [6.07, 6.45) is 0. The Morgan fingerprint density at radius 3 is 1.54 bits per heavy atom. The van der Waals surface area contributed by atoms with Crippen molar-refractivity contribution in [2.75, 3.05) is 4.90 Å². The maximum atomic E-state index is 2.43. The van der Waals surface area contributed by atoms with Gasteiger partial charge in [-0.15, -0.1) is 0 Å². The maximum Gasteiger partial charge on any atom is -0.0544 e. The molecule has 2 heteroatoms. The molecule has 0 aliphatic heterocycles. The van der Waals surface area contributed by atoms with E-state index in [1.165, 1.54) is 63.4 Å². The summed E-state index contributed by atoms with van der Waals surface area (Å²) in [4.78, 5) is 2.38. The van der Waals surface area contributed by atoms with E-state index in [9.17, 15) is 0 Å². The number of rotatable bonds is 6. The van der Waals surface area contributed by atoms with Gasteiger partial charge >= 0.3 is 239 Å². The van der Waals surface area contributed by atoms with Crippen LogP contribution in [0.2, 0.25) is 0 Å². The van der Waals surface area contributed by atoms with Gasteiger partial charge < -0.3 is 0 Å². The molecule has 9 rings (SSSR count). The van der Waals surface area contributed by atoms with Crippen molar-refractivity contribution >= 4 is 61.6 Å². The van der Waals surface area contributed by atoms with Crippen LogP contribution in [0, 0.1) is 0 Å². The first-order valence-electron chi connectivity index (χ1n) is 16.3. The van der Waals surface area contributed by atoms with Gasteiger partial charge in [-0.25, -0.2) is 0 Å². The maximum absolute atomic E-state index is 2.43. The first-order valence-corrected chi connectivity index (χ1v) is 18.1. The summed E-state index contributed by atoms with van der Waals surface area (Å²) in [7, 11) is 0. The Morgan fingerprint density at radius 1 is 0.312 bits per heavy atom. The molecule has 0 bridgehead atoms. The molecule has 0 unspecified atom stereocenters. The van der Waals surface area contributed by atoms with Gasteiger partial charge in [-0.3, -0.25) is 0 Å². The molecule has 0 aliphatic carbocycles. The Morgan fingerprint density at radius 2 is 0.833 bits per heavy atom. The standard InChI is InChI=1S/C46H31NSe/c1-3-11-32(12-4-1)34-21-25-39(26-22-34)47(40-18-9-16-36(29-40)33-13-5-2-6-14-33)41-19-10-17-37(30-41)38-24-27-43-44-28-23-35-15-7-8-20-42(35)46(44)48-45(43)31-38/h1-31H. The fourth-order valence-electron chi connectivity index (χ4n) is 6.84. The van der Waals surface area contributed by atoms with E-state index in [2.05, 4.69) is 193 Å². The summed E-state index contributed by atoms with van der Waals surface area (Å²) in [5, 5.41) is 5.49. The van der Waals surface area contributed by atoms with Crippen LogP contribution in [0.3, 0.4) is 0 Å². The molecular formula is C46H31NSe. The summed E-state index contributed by atoms with van der Waals surface area (Å²) in [6.45, 7) is 0. The molecule has 0 N–H and O–H groups in total. The molecule has 226 valence electrons. The van der Waals surface area contributed by atoms with Gasteiger partial charge in [-0.05, 0) is 0 Å². The fourth-order valence-corrected chi connectivity index (χ4v) is 9.52. The van der Waals surface area contributed by atoms with Crippen molar-refractivity contribution in [3.8, 4) is 33.4 Å². The van der Waals surface area contributed by atoms with E-state index in [-0.39, 0.29) is 14.5 Å². The van der Waals surface area contributed by atoms with Crippen LogP contribution in [0.5, 0.6) is 0 Å². The van der Waals surface area contributed by atoms with Crippen molar-refractivity contribution in [1.29, 1.82) is 0 Å². The molecule has 1 aromatic heterocycles. The number of hydrogen-bond acceptors (Lipinski definition) is 1. The zero-order valence-electron chi connectivity index (χ0n) is 26.3. The molecule has 0 fully saturated rings. The summed E-state index contributed by atoms with van der Waals surface area (Å²) in [5.41, 5.74) is 10.7. The van der Waals surface area contributed by atoms with Gasteiger partial charge in [0.1, 0.15) is 0 Å². The van der Waals surface area contributed by atoms with Gasteiger partial charge in [0, 0.05) is 0 Å². The summed E-state index contributed by atoms with van der Waals surface area (Å²) in [6, 6.07) is 68.5. The molecule has 8 aromatic carbocycles. The number of hydrogen-bond donors (Lipinski definition) is 0. The molecule has 0 atom stereocenters. The van der Waals surface area contributed by atoms with E-state index in [0.29, 0.717) is 0 Å². The molecule has 0 spiro atoms. The van der Waals surface area contributed by atoms with Crippen molar-refractivity contribution in [3.63, 3.8) is 0 Å². The largest absolute Gasteiger partial charge is 0.0617 e. The van der Waals surface area contributed by atoms with Gasteiger partial charge in [0.2, 0.25) is 0 Å². The van der Waals surface area contributed by atoms with E-state index >= 15 is 0 Å². The molecular weight excluding hydrogens is 645 g/mol. The van der Waals surface area contributed by atoms with E-state index in [4.69, 9.17) is 0 Å². The molecule has 48 heavy (non-hydrogen) atoms. The van der Waals surface area contributed by atoms with Crippen LogP contribution in [0.4, 0.5) is 17.1 Å². The van der Waals surface area contributed by atoms with Gasteiger partial charge in [-0.1, -0.05) is 48.5 Å². The van der Waals surface area contributed by atoms with E-state index in [1.54, 1.807) is 0 Å². The Bertz CT molecular complexity index is 2550. The third-order valence-electron chi connectivity index (χ3n) is 9.25. The topological polar surface area (TPSA) is 3.24 Å². The fraction of sp³-hybridized carbons (Fsp3) is 0. The minimum Gasteiger partial charge on any atom is -0.0617 e. The third-order valence-corrected chi connectivity index (χ3v) is 11.8. The number of nitrogens with zero attached hydrogens (tertiary/aromatic N) is 1. The molecule has 0 amide bonds.